The van der Waals surface area contributed by atoms with Gasteiger partial charge < -0.3 is 4.98 Å². The predicted molar refractivity (Wildman–Crippen MR) is 82.5 cm³/mol. The van der Waals surface area contributed by atoms with E-state index in [4.69, 9.17) is 9.78 Å². The molecule has 0 bridgehead atoms. The topological polar surface area (TPSA) is 51.3 Å². The molecule has 106 valence electrons. The van der Waals surface area contributed by atoms with Crippen LogP contribution in [0.4, 0.5) is 0 Å². The fraction of sp³-hybridized carbons (Fsp3) is 0.188. The third-order valence-electron chi connectivity index (χ3n) is 3.95. The maximum absolute atomic E-state index is 12.2. The first-order chi connectivity index (χ1) is 10.3. The van der Waals surface area contributed by atoms with Crippen molar-refractivity contribution < 1.29 is 9.78 Å². The Balaban J connectivity index is 1.93. The molecule has 21 heavy (non-hydrogen) atoms. The number of rotatable bonds is 3. The van der Waals surface area contributed by atoms with E-state index in [0.717, 1.165) is 33.3 Å². The van der Waals surface area contributed by atoms with Gasteiger partial charge in [-0.3, -0.25) is 4.79 Å². The van der Waals surface area contributed by atoms with Crippen LogP contribution in [0.25, 0.3) is 21.3 Å². The first-order valence-corrected chi connectivity index (χ1v) is 7.56. The number of thiophene rings is 1. The van der Waals surface area contributed by atoms with Crippen LogP contribution in [0.3, 0.4) is 0 Å². The average molecular weight is 299 g/mol. The third kappa shape index (κ3) is 1.86. The van der Waals surface area contributed by atoms with Crippen LogP contribution in [0, 0.1) is 0 Å². The van der Waals surface area contributed by atoms with Crippen LogP contribution in [0.5, 0.6) is 0 Å². The smallest absolute Gasteiger partial charge is 0.257 e. The molecule has 0 unspecified atom stereocenters. The summed E-state index contributed by atoms with van der Waals surface area (Å²) in [4.78, 5) is 25.0. The summed E-state index contributed by atoms with van der Waals surface area (Å²) in [7, 11) is 1.50. The minimum atomic E-state index is -0.0172. The van der Waals surface area contributed by atoms with Gasteiger partial charge in [-0.25, -0.2) is 9.78 Å². The van der Waals surface area contributed by atoms with Crippen LogP contribution in [0.15, 0.2) is 34.4 Å². The summed E-state index contributed by atoms with van der Waals surface area (Å²) in [5, 5.41) is 2.75. The van der Waals surface area contributed by atoms with Gasteiger partial charge in [0.1, 0.15) is 6.61 Å². The summed E-state index contributed by atoms with van der Waals surface area (Å²) in [6.07, 6.45) is 0.821. The summed E-state index contributed by atoms with van der Waals surface area (Å²) in [6.45, 7) is 0.408. The van der Waals surface area contributed by atoms with Crippen molar-refractivity contribution in [2.75, 3.05) is 7.11 Å². The molecule has 2 aromatic heterocycles. The van der Waals surface area contributed by atoms with Crippen molar-refractivity contribution in [1.29, 1.82) is 0 Å². The maximum Gasteiger partial charge on any atom is 0.257 e. The van der Waals surface area contributed by atoms with E-state index in [1.165, 1.54) is 18.2 Å². The molecule has 1 aliphatic carbocycles. The first kappa shape index (κ1) is 12.8. The number of benzene rings is 1. The molecule has 0 aliphatic heterocycles. The normalized spacial score (nSPS) is 12.6. The lowest BCUT2D eigenvalue weighted by Crippen LogP contribution is -2.06. The number of hydrogen-bond donors (Lipinski definition) is 1. The average Bonchev–Trinajstić information content (AvgIpc) is 3.10. The molecule has 3 aromatic rings. The second kappa shape index (κ2) is 4.80. The van der Waals surface area contributed by atoms with Crippen molar-refractivity contribution >= 4 is 21.4 Å². The number of hydrogen-bond acceptors (Lipinski definition) is 4. The molecule has 0 spiro atoms. The lowest BCUT2D eigenvalue weighted by atomic mass is 10.0. The van der Waals surface area contributed by atoms with Crippen LogP contribution in [-0.2, 0) is 22.8 Å². The second-order valence-electron chi connectivity index (χ2n) is 5.02. The van der Waals surface area contributed by atoms with Gasteiger partial charge in [-0.15, -0.1) is 11.3 Å². The van der Waals surface area contributed by atoms with E-state index in [-0.39, 0.29) is 5.56 Å². The van der Waals surface area contributed by atoms with Crippen molar-refractivity contribution in [2.24, 2.45) is 0 Å². The first-order valence-electron chi connectivity index (χ1n) is 6.68. The van der Waals surface area contributed by atoms with E-state index in [1.54, 1.807) is 11.3 Å². The minimum absolute atomic E-state index is 0.0172. The van der Waals surface area contributed by atoms with Gasteiger partial charge >= 0.3 is 0 Å². The predicted octanol–water partition coefficient (Wildman–Crippen LogP) is 3.24. The standard InChI is InChI=1S/C16H13NO3S/c1-19-20-8-9-3-2-4-10-12(9)7-13-14(10)17-16(18)11-5-6-21-15(11)13/h2-6H,7-8H2,1H3,(H,17,18). The van der Waals surface area contributed by atoms with Crippen molar-refractivity contribution in [3.8, 4) is 11.3 Å². The molecule has 1 aliphatic rings. The lowest BCUT2D eigenvalue weighted by molar-refractivity contribution is -0.282. The Morgan fingerprint density at radius 3 is 3.05 bits per heavy atom. The Morgan fingerprint density at radius 1 is 1.29 bits per heavy atom. The molecule has 0 saturated carbocycles. The Hall–Kier alpha value is -1.95. The van der Waals surface area contributed by atoms with E-state index in [9.17, 15) is 4.79 Å². The minimum Gasteiger partial charge on any atom is -0.321 e. The SMILES string of the molecule is COOCc1cccc2c1Cc1c-2[nH]c(=O)c2ccsc12. The fourth-order valence-corrected chi connectivity index (χ4v) is 3.95. The lowest BCUT2D eigenvalue weighted by Gasteiger charge is -2.07. The highest BCUT2D eigenvalue weighted by atomic mass is 32.1. The van der Waals surface area contributed by atoms with Crippen LogP contribution in [0.1, 0.15) is 16.7 Å². The van der Waals surface area contributed by atoms with Crippen molar-refractivity contribution in [2.45, 2.75) is 13.0 Å². The Kier molecular flexibility index (Phi) is 2.92. The Labute approximate surface area is 124 Å². The zero-order valence-corrected chi connectivity index (χ0v) is 12.3. The summed E-state index contributed by atoms with van der Waals surface area (Å²) in [5.41, 5.74) is 5.53. The molecule has 1 aromatic carbocycles. The number of H-pyrrole nitrogens is 1. The van der Waals surface area contributed by atoms with E-state index in [2.05, 4.69) is 4.98 Å². The maximum atomic E-state index is 12.2. The molecule has 0 atom stereocenters. The largest absolute Gasteiger partial charge is 0.321 e. The monoisotopic (exact) mass is 299 g/mol. The molecule has 2 heterocycles. The van der Waals surface area contributed by atoms with Gasteiger partial charge in [0.15, 0.2) is 0 Å². The van der Waals surface area contributed by atoms with E-state index in [1.807, 2.05) is 29.6 Å². The number of pyridine rings is 1. The Morgan fingerprint density at radius 2 is 2.19 bits per heavy atom. The number of nitrogens with one attached hydrogen (secondary N) is 1. The van der Waals surface area contributed by atoms with Gasteiger partial charge in [0.25, 0.3) is 5.56 Å². The van der Waals surface area contributed by atoms with E-state index < -0.39 is 0 Å². The van der Waals surface area contributed by atoms with Crippen molar-refractivity contribution in [3.05, 3.63) is 56.7 Å². The zero-order valence-electron chi connectivity index (χ0n) is 11.4. The fourth-order valence-electron chi connectivity index (χ4n) is 3.00. The molecule has 4 nitrogen and oxygen atoms in total. The molecule has 1 N–H and O–H groups in total. The molecule has 4 rings (SSSR count). The molecule has 0 amide bonds. The quantitative estimate of drug-likeness (QED) is 0.467. The molecular weight excluding hydrogens is 286 g/mol. The number of aromatic amines is 1. The third-order valence-corrected chi connectivity index (χ3v) is 4.93. The molecule has 0 fully saturated rings. The van der Waals surface area contributed by atoms with Crippen LogP contribution in [-0.4, -0.2) is 12.1 Å². The molecular formula is C16H13NO3S. The second-order valence-corrected chi connectivity index (χ2v) is 5.94. The van der Waals surface area contributed by atoms with E-state index >= 15 is 0 Å². The molecule has 0 radical (unpaired) electrons. The Bertz CT molecular complexity index is 894. The van der Waals surface area contributed by atoms with Gasteiger partial charge in [-0.05, 0) is 28.1 Å². The molecule has 0 saturated heterocycles. The highest BCUT2D eigenvalue weighted by Gasteiger charge is 2.25. The van der Waals surface area contributed by atoms with Gasteiger partial charge in [0.05, 0.1) is 18.2 Å². The van der Waals surface area contributed by atoms with E-state index in [0.29, 0.717) is 6.61 Å². The van der Waals surface area contributed by atoms with Crippen LogP contribution in [0.2, 0.25) is 0 Å². The van der Waals surface area contributed by atoms with Crippen LogP contribution >= 0.6 is 11.3 Å². The van der Waals surface area contributed by atoms with Crippen molar-refractivity contribution in [3.63, 3.8) is 0 Å². The zero-order chi connectivity index (χ0) is 14.4. The summed E-state index contributed by atoms with van der Waals surface area (Å²) in [6, 6.07) is 7.95. The van der Waals surface area contributed by atoms with Gasteiger partial charge in [0, 0.05) is 16.7 Å². The number of fused-ring (bicyclic) bond motifs is 5. The summed E-state index contributed by atoms with van der Waals surface area (Å²) >= 11 is 1.63. The van der Waals surface area contributed by atoms with Crippen LogP contribution < -0.4 is 5.56 Å². The highest BCUT2D eigenvalue weighted by molar-refractivity contribution is 7.17. The number of aromatic nitrogens is 1. The van der Waals surface area contributed by atoms with Crippen molar-refractivity contribution in [1.82, 2.24) is 4.98 Å². The molecule has 5 heteroatoms. The summed E-state index contributed by atoms with van der Waals surface area (Å²) < 4.78 is 1.09. The summed E-state index contributed by atoms with van der Waals surface area (Å²) in [5.74, 6) is 0. The van der Waals surface area contributed by atoms with Gasteiger partial charge in [0.2, 0.25) is 0 Å². The van der Waals surface area contributed by atoms with Gasteiger partial charge in [-0.2, -0.15) is 0 Å². The van der Waals surface area contributed by atoms with Gasteiger partial charge in [-0.1, -0.05) is 18.2 Å². The highest BCUT2D eigenvalue weighted by Crippen LogP contribution is 2.40.